The SMILES string of the molecule is COc1ccc(-c2cc3nccnc3[nH]2)cc1[N+](=O)[O-]. The maximum atomic E-state index is 11.0. The Hall–Kier alpha value is -2.96. The summed E-state index contributed by atoms with van der Waals surface area (Å²) < 4.78 is 4.98. The molecule has 0 radical (unpaired) electrons. The van der Waals surface area contributed by atoms with Crippen LogP contribution in [0.1, 0.15) is 0 Å². The second-order valence-corrected chi connectivity index (χ2v) is 4.12. The van der Waals surface area contributed by atoms with Crippen molar-refractivity contribution in [2.75, 3.05) is 7.11 Å². The Bertz CT molecular complexity index is 764. The monoisotopic (exact) mass is 270 g/mol. The number of rotatable bonds is 3. The molecular weight excluding hydrogens is 260 g/mol. The lowest BCUT2D eigenvalue weighted by Gasteiger charge is -2.03. The Balaban J connectivity index is 2.14. The van der Waals surface area contributed by atoms with E-state index in [4.69, 9.17) is 4.74 Å². The Morgan fingerprint density at radius 3 is 2.75 bits per heavy atom. The maximum absolute atomic E-state index is 11.0. The first kappa shape index (κ1) is 12.1. The van der Waals surface area contributed by atoms with E-state index in [2.05, 4.69) is 15.0 Å². The highest BCUT2D eigenvalue weighted by atomic mass is 16.6. The van der Waals surface area contributed by atoms with E-state index in [9.17, 15) is 10.1 Å². The molecule has 20 heavy (non-hydrogen) atoms. The highest BCUT2D eigenvalue weighted by Crippen LogP contribution is 2.32. The molecule has 0 aliphatic carbocycles. The van der Waals surface area contributed by atoms with Crippen LogP contribution in [0.3, 0.4) is 0 Å². The number of nitrogens with zero attached hydrogens (tertiary/aromatic N) is 3. The molecule has 7 heteroatoms. The lowest BCUT2D eigenvalue weighted by molar-refractivity contribution is -0.385. The highest BCUT2D eigenvalue weighted by molar-refractivity contribution is 5.80. The molecule has 0 unspecified atom stereocenters. The number of aromatic amines is 1. The Kier molecular flexibility index (Phi) is 2.79. The molecule has 0 saturated carbocycles. The van der Waals surface area contributed by atoms with E-state index in [1.54, 1.807) is 30.6 Å². The van der Waals surface area contributed by atoms with Crippen LogP contribution in [0.4, 0.5) is 5.69 Å². The molecule has 1 aromatic carbocycles. The average Bonchev–Trinajstić information content (AvgIpc) is 2.90. The molecule has 0 fully saturated rings. The van der Waals surface area contributed by atoms with Gasteiger partial charge in [0.05, 0.1) is 12.0 Å². The summed E-state index contributed by atoms with van der Waals surface area (Å²) in [4.78, 5) is 21.9. The summed E-state index contributed by atoms with van der Waals surface area (Å²) in [7, 11) is 1.40. The van der Waals surface area contributed by atoms with Crippen molar-refractivity contribution in [1.82, 2.24) is 15.0 Å². The molecular formula is C13H10N4O3. The number of benzene rings is 1. The fraction of sp³-hybridized carbons (Fsp3) is 0.0769. The van der Waals surface area contributed by atoms with Crippen molar-refractivity contribution < 1.29 is 9.66 Å². The van der Waals surface area contributed by atoms with Crippen molar-refractivity contribution in [2.45, 2.75) is 0 Å². The number of aromatic nitrogens is 3. The summed E-state index contributed by atoms with van der Waals surface area (Å²) in [5, 5.41) is 11.0. The number of hydrogen-bond donors (Lipinski definition) is 1. The van der Waals surface area contributed by atoms with Crippen LogP contribution in [0.5, 0.6) is 5.75 Å². The number of hydrogen-bond acceptors (Lipinski definition) is 5. The topological polar surface area (TPSA) is 93.9 Å². The van der Waals surface area contributed by atoms with Crippen LogP contribution in [-0.2, 0) is 0 Å². The summed E-state index contributed by atoms with van der Waals surface area (Å²) in [6.45, 7) is 0. The van der Waals surface area contributed by atoms with Crippen molar-refractivity contribution in [2.24, 2.45) is 0 Å². The number of fused-ring (bicyclic) bond motifs is 1. The zero-order valence-corrected chi connectivity index (χ0v) is 10.5. The van der Waals surface area contributed by atoms with Crippen LogP contribution in [0, 0.1) is 10.1 Å². The Morgan fingerprint density at radius 1 is 1.25 bits per heavy atom. The molecule has 0 spiro atoms. The van der Waals surface area contributed by atoms with Gasteiger partial charge in [-0.1, -0.05) is 0 Å². The second-order valence-electron chi connectivity index (χ2n) is 4.12. The fourth-order valence-electron chi connectivity index (χ4n) is 2.01. The van der Waals surface area contributed by atoms with E-state index in [1.165, 1.54) is 13.2 Å². The molecule has 0 bridgehead atoms. The Labute approximate surface area is 113 Å². The lowest BCUT2D eigenvalue weighted by Crippen LogP contribution is -1.94. The summed E-state index contributed by atoms with van der Waals surface area (Å²) >= 11 is 0. The molecule has 3 aromatic rings. The van der Waals surface area contributed by atoms with Gasteiger partial charge in [-0.15, -0.1) is 0 Å². The average molecular weight is 270 g/mol. The van der Waals surface area contributed by atoms with Gasteiger partial charge in [-0.05, 0) is 18.2 Å². The van der Waals surface area contributed by atoms with Crippen LogP contribution in [0.15, 0.2) is 36.7 Å². The van der Waals surface area contributed by atoms with Crippen molar-refractivity contribution >= 4 is 16.9 Å². The molecule has 0 saturated heterocycles. The van der Waals surface area contributed by atoms with Gasteiger partial charge in [0.15, 0.2) is 11.4 Å². The van der Waals surface area contributed by atoms with Gasteiger partial charge in [-0.25, -0.2) is 4.98 Å². The standard InChI is InChI=1S/C13H10N4O3/c1-20-12-3-2-8(6-11(12)17(18)19)9-7-10-13(16-9)15-5-4-14-10/h2-7H,1H3,(H,15,16). The van der Waals surface area contributed by atoms with E-state index in [1.807, 2.05) is 0 Å². The summed E-state index contributed by atoms with van der Waals surface area (Å²) in [5.41, 5.74) is 2.67. The minimum absolute atomic E-state index is 0.0791. The number of nitro benzene ring substituents is 1. The predicted octanol–water partition coefficient (Wildman–Crippen LogP) is 2.54. The summed E-state index contributed by atoms with van der Waals surface area (Å²) in [6, 6.07) is 6.58. The zero-order valence-electron chi connectivity index (χ0n) is 10.5. The smallest absolute Gasteiger partial charge is 0.311 e. The third-order valence-electron chi connectivity index (χ3n) is 2.95. The van der Waals surface area contributed by atoms with Crippen LogP contribution in [0.2, 0.25) is 0 Å². The van der Waals surface area contributed by atoms with Gasteiger partial charge < -0.3 is 9.72 Å². The van der Waals surface area contributed by atoms with Gasteiger partial charge >= 0.3 is 5.69 Å². The first-order valence-corrected chi connectivity index (χ1v) is 5.81. The van der Waals surface area contributed by atoms with Crippen LogP contribution < -0.4 is 4.74 Å². The largest absolute Gasteiger partial charge is 0.490 e. The maximum Gasteiger partial charge on any atom is 0.311 e. The van der Waals surface area contributed by atoms with Crippen molar-refractivity contribution in [3.8, 4) is 17.0 Å². The number of nitrogens with one attached hydrogen (secondary N) is 1. The van der Waals surface area contributed by atoms with E-state index in [0.717, 1.165) is 5.69 Å². The minimum Gasteiger partial charge on any atom is -0.490 e. The van der Waals surface area contributed by atoms with Gasteiger partial charge in [-0.2, -0.15) is 0 Å². The van der Waals surface area contributed by atoms with Crippen LogP contribution >= 0.6 is 0 Å². The van der Waals surface area contributed by atoms with Crippen molar-refractivity contribution in [3.63, 3.8) is 0 Å². The van der Waals surface area contributed by atoms with E-state index in [0.29, 0.717) is 16.7 Å². The molecule has 1 N–H and O–H groups in total. The normalized spacial score (nSPS) is 10.7. The van der Waals surface area contributed by atoms with Gasteiger partial charge in [0.2, 0.25) is 0 Å². The van der Waals surface area contributed by atoms with Gasteiger partial charge in [0, 0.05) is 29.7 Å². The third kappa shape index (κ3) is 1.95. The molecule has 0 aliphatic heterocycles. The van der Waals surface area contributed by atoms with Crippen molar-refractivity contribution in [3.05, 3.63) is 46.8 Å². The molecule has 2 heterocycles. The number of methoxy groups -OCH3 is 1. The molecule has 0 amide bonds. The lowest BCUT2D eigenvalue weighted by atomic mass is 10.1. The van der Waals surface area contributed by atoms with Crippen LogP contribution in [-0.4, -0.2) is 27.0 Å². The molecule has 3 rings (SSSR count). The van der Waals surface area contributed by atoms with E-state index in [-0.39, 0.29) is 11.4 Å². The van der Waals surface area contributed by atoms with Crippen LogP contribution in [0.25, 0.3) is 22.4 Å². The number of nitro groups is 1. The predicted molar refractivity (Wildman–Crippen MR) is 72.5 cm³/mol. The number of H-pyrrole nitrogens is 1. The van der Waals surface area contributed by atoms with Crippen molar-refractivity contribution in [1.29, 1.82) is 0 Å². The molecule has 0 atom stereocenters. The molecule has 100 valence electrons. The molecule has 7 nitrogen and oxygen atoms in total. The Morgan fingerprint density at radius 2 is 2.05 bits per heavy atom. The fourth-order valence-corrected chi connectivity index (χ4v) is 2.01. The third-order valence-corrected chi connectivity index (χ3v) is 2.95. The van der Waals surface area contributed by atoms with Gasteiger partial charge in [0.1, 0.15) is 5.52 Å². The number of ether oxygens (including phenoxy) is 1. The van der Waals surface area contributed by atoms with E-state index >= 15 is 0 Å². The zero-order chi connectivity index (χ0) is 14.1. The van der Waals surface area contributed by atoms with Gasteiger partial charge in [0.25, 0.3) is 0 Å². The quantitative estimate of drug-likeness (QED) is 0.583. The van der Waals surface area contributed by atoms with E-state index < -0.39 is 4.92 Å². The second kappa shape index (κ2) is 4.61. The first-order valence-electron chi connectivity index (χ1n) is 5.81. The van der Waals surface area contributed by atoms with Gasteiger partial charge in [-0.3, -0.25) is 15.1 Å². The molecule has 0 aliphatic rings. The first-order chi connectivity index (χ1) is 9.69. The summed E-state index contributed by atoms with van der Waals surface area (Å²) in [5.74, 6) is 0.228. The minimum atomic E-state index is -0.471. The summed E-state index contributed by atoms with van der Waals surface area (Å²) in [6.07, 6.45) is 3.18. The highest BCUT2D eigenvalue weighted by Gasteiger charge is 2.16. The molecule has 2 aromatic heterocycles.